The lowest BCUT2D eigenvalue weighted by molar-refractivity contribution is -0.150. The summed E-state index contributed by atoms with van der Waals surface area (Å²) >= 11 is 0. The van der Waals surface area contributed by atoms with Crippen LogP contribution in [0.3, 0.4) is 0 Å². The first kappa shape index (κ1) is 17.1. The molecule has 0 heterocycles. The van der Waals surface area contributed by atoms with E-state index in [-0.39, 0.29) is 25.7 Å². The van der Waals surface area contributed by atoms with Crippen LogP contribution < -0.4 is 5.73 Å². The molecule has 1 aromatic rings. The van der Waals surface area contributed by atoms with Crippen molar-refractivity contribution in [2.24, 2.45) is 5.73 Å². The van der Waals surface area contributed by atoms with Crippen LogP contribution in [0.15, 0.2) is 30.3 Å². The van der Waals surface area contributed by atoms with Crippen LogP contribution in [0.2, 0.25) is 0 Å². The lowest BCUT2D eigenvalue weighted by Crippen LogP contribution is -2.47. The predicted molar refractivity (Wildman–Crippen MR) is 78.3 cm³/mol. The van der Waals surface area contributed by atoms with E-state index in [1.54, 1.807) is 6.92 Å². The van der Waals surface area contributed by atoms with Gasteiger partial charge in [-0.1, -0.05) is 30.3 Å². The van der Waals surface area contributed by atoms with Gasteiger partial charge in [0.1, 0.15) is 12.6 Å². The highest BCUT2D eigenvalue weighted by molar-refractivity contribution is 5.85. The van der Waals surface area contributed by atoms with Gasteiger partial charge in [-0.2, -0.15) is 0 Å². The van der Waals surface area contributed by atoms with E-state index in [9.17, 15) is 9.59 Å². The van der Waals surface area contributed by atoms with E-state index in [4.69, 9.17) is 15.2 Å². The van der Waals surface area contributed by atoms with Crippen LogP contribution >= 0.6 is 0 Å². The summed E-state index contributed by atoms with van der Waals surface area (Å²) in [4.78, 5) is 25.3. The molecule has 0 aliphatic carbocycles. The van der Waals surface area contributed by atoms with E-state index in [1.807, 2.05) is 30.3 Å². The zero-order valence-corrected chi connectivity index (χ0v) is 12.5. The Hall–Kier alpha value is -1.92. The highest BCUT2D eigenvalue weighted by Gasteiger charge is 2.23. The van der Waals surface area contributed by atoms with Gasteiger partial charge in [0.05, 0.1) is 13.2 Å². The van der Waals surface area contributed by atoms with Gasteiger partial charge in [0.15, 0.2) is 0 Å². The number of carbonyl (C=O) groups excluding carboxylic acids is 2. The van der Waals surface area contributed by atoms with Gasteiger partial charge in [-0.15, -0.1) is 0 Å². The van der Waals surface area contributed by atoms with Crippen LogP contribution in [0, 0.1) is 0 Å². The largest absolute Gasteiger partial charge is 0.465 e. The maximum absolute atomic E-state index is 12.3. The third-order valence-corrected chi connectivity index (χ3v) is 2.82. The minimum Gasteiger partial charge on any atom is -0.465 e. The summed E-state index contributed by atoms with van der Waals surface area (Å²) < 4.78 is 9.78. The molecule has 0 radical (unpaired) electrons. The van der Waals surface area contributed by atoms with E-state index in [0.717, 1.165) is 5.56 Å². The van der Waals surface area contributed by atoms with Crippen LogP contribution in [0.25, 0.3) is 0 Å². The highest BCUT2D eigenvalue weighted by Crippen LogP contribution is 2.06. The Labute approximate surface area is 124 Å². The normalized spacial score (nSPS) is 11.8. The third-order valence-electron chi connectivity index (χ3n) is 2.82. The van der Waals surface area contributed by atoms with Crippen molar-refractivity contribution in [1.29, 1.82) is 0 Å². The smallest absolute Gasteiger partial charge is 0.325 e. The predicted octanol–water partition coefficient (Wildman–Crippen LogP) is 0.552. The molecule has 0 spiro atoms. The molecule has 0 aliphatic heterocycles. The van der Waals surface area contributed by atoms with E-state index < -0.39 is 12.0 Å². The van der Waals surface area contributed by atoms with Gasteiger partial charge in [-0.25, -0.2) is 0 Å². The van der Waals surface area contributed by atoms with Gasteiger partial charge < -0.3 is 20.1 Å². The Morgan fingerprint density at radius 1 is 1.29 bits per heavy atom. The Morgan fingerprint density at radius 3 is 2.52 bits per heavy atom. The molecule has 2 N–H and O–H groups in total. The quantitative estimate of drug-likeness (QED) is 0.708. The average molecular weight is 294 g/mol. The Morgan fingerprint density at radius 2 is 1.95 bits per heavy atom. The SMILES string of the molecule is CCOC(=O)CN(Cc1ccccc1)C(=O)C(N)COC. The van der Waals surface area contributed by atoms with Gasteiger partial charge in [-0.05, 0) is 12.5 Å². The number of nitrogens with zero attached hydrogens (tertiary/aromatic N) is 1. The number of nitrogens with two attached hydrogens (primary N) is 1. The van der Waals surface area contributed by atoms with Crippen LogP contribution in [0.4, 0.5) is 0 Å². The number of benzene rings is 1. The Kier molecular flexibility index (Phi) is 7.42. The van der Waals surface area contributed by atoms with Crippen LogP contribution in [0.1, 0.15) is 12.5 Å². The maximum atomic E-state index is 12.3. The molecule has 0 aliphatic rings. The van der Waals surface area contributed by atoms with Crippen LogP contribution in [-0.4, -0.2) is 49.7 Å². The van der Waals surface area contributed by atoms with Crippen molar-refractivity contribution < 1.29 is 19.1 Å². The fraction of sp³-hybridized carbons (Fsp3) is 0.467. The first-order chi connectivity index (χ1) is 10.1. The molecule has 1 rings (SSSR count). The molecule has 116 valence electrons. The number of carbonyl (C=O) groups is 2. The highest BCUT2D eigenvalue weighted by atomic mass is 16.5. The maximum Gasteiger partial charge on any atom is 0.325 e. The van der Waals surface area contributed by atoms with Gasteiger partial charge >= 0.3 is 5.97 Å². The molecule has 21 heavy (non-hydrogen) atoms. The lowest BCUT2D eigenvalue weighted by Gasteiger charge is -2.24. The van der Waals surface area contributed by atoms with Crippen molar-refractivity contribution in [2.75, 3.05) is 26.9 Å². The van der Waals surface area contributed by atoms with Crippen molar-refractivity contribution in [3.05, 3.63) is 35.9 Å². The molecular weight excluding hydrogens is 272 g/mol. The molecule has 0 bridgehead atoms. The lowest BCUT2D eigenvalue weighted by atomic mass is 10.2. The summed E-state index contributed by atoms with van der Waals surface area (Å²) in [5.74, 6) is -0.792. The van der Waals surface area contributed by atoms with Crippen molar-refractivity contribution in [3.63, 3.8) is 0 Å². The molecule has 1 atom stereocenters. The average Bonchev–Trinajstić information content (AvgIpc) is 2.47. The van der Waals surface area contributed by atoms with Crippen LogP contribution in [-0.2, 0) is 25.6 Å². The number of esters is 1. The molecule has 0 aromatic heterocycles. The minimum absolute atomic E-state index is 0.104. The fourth-order valence-corrected chi connectivity index (χ4v) is 1.86. The molecular formula is C15H22N2O4. The standard InChI is InChI=1S/C15H22N2O4/c1-3-21-14(18)10-17(15(19)13(16)11-20-2)9-12-7-5-4-6-8-12/h4-8,13H,3,9-11,16H2,1-2H3. The van der Waals surface area contributed by atoms with Gasteiger partial charge in [0, 0.05) is 13.7 Å². The molecule has 6 nitrogen and oxygen atoms in total. The van der Waals surface area contributed by atoms with E-state index in [1.165, 1.54) is 12.0 Å². The summed E-state index contributed by atoms with van der Waals surface area (Å²) in [5.41, 5.74) is 6.68. The van der Waals surface area contributed by atoms with Gasteiger partial charge in [0.2, 0.25) is 5.91 Å². The van der Waals surface area contributed by atoms with Gasteiger partial charge in [0.25, 0.3) is 0 Å². The molecule has 0 fully saturated rings. The minimum atomic E-state index is -0.798. The number of ether oxygens (including phenoxy) is 2. The second kappa shape index (κ2) is 9.10. The first-order valence-electron chi connectivity index (χ1n) is 6.81. The second-order valence-corrected chi connectivity index (χ2v) is 4.55. The summed E-state index contributed by atoms with van der Waals surface area (Å²) in [5, 5.41) is 0. The van der Waals surface area contributed by atoms with Crippen molar-refractivity contribution in [1.82, 2.24) is 4.90 Å². The van der Waals surface area contributed by atoms with E-state index in [0.29, 0.717) is 6.54 Å². The van der Waals surface area contributed by atoms with Crippen molar-refractivity contribution in [3.8, 4) is 0 Å². The summed E-state index contributed by atoms with van der Waals surface area (Å²) in [6.07, 6.45) is 0. The van der Waals surface area contributed by atoms with Crippen molar-refractivity contribution >= 4 is 11.9 Å². The van der Waals surface area contributed by atoms with E-state index in [2.05, 4.69) is 0 Å². The Balaban J connectivity index is 2.78. The van der Waals surface area contributed by atoms with Crippen molar-refractivity contribution in [2.45, 2.75) is 19.5 Å². The number of amides is 1. The molecule has 0 saturated carbocycles. The van der Waals surface area contributed by atoms with Crippen LogP contribution in [0.5, 0.6) is 0 Å². The summed E-state index contributed by atoms with van der Waals surface area (Å²) in [6, 6.07) is 8.60. The molecule has 0 saturated heterocycles. The molecule has 1 unspecified atom stereocenters. The summed E-state index contributed by atoms with van der Waals surface area (Å²) in [7, 11) is 1.47. The third kappa shape index (κ3) is 5.93. The second-order valence-electron chi connectivity index (χ2n) is 4.55. The topological polar surface area (TPSA) is 81.9 Å². The zero-order valence-electron chi connectivity index (χ0n) is 12.5. The van der Waals surface area contributed by atoms with Gasteiger partial charge in [-0.3, -0.25) is 9.59 Å². The molecule has 1 amide bonds. The summed E-state index contributed by atoms with van der Waals surface area (Å²) in [6.45, 7) is 2.27. The fourth-order valence-electron chi connectivity index (χ4n) is 1.86. The number of hydrogen-bond acceptors (Lipinski definition) is 5. The zero-order chi connectivity index (χ0) is 15.7. The monoisotopic (exact) mass is 294 g/mol. The molecule has 6 heteroatoms. The number of rotatable bonds is 8. The van der Waals surface area contributed by atoms with E-state index >= 15 is 0 Å². The Bertz CT molecular complexity index is 450. The first-order valence-corrected chi connectivity index (χ1v) is 6.81. The number of hydrogen-bond donors (Lipinski definition) is 1. The molecule has 1 aromatic carbocycles. The number of methoxy groups -OCH3 is 1.